The number of hydrogen-bond acceptors (Lipinski definition) is 3. The fourth-order valence-electron chi connectivity index (χ4n) is 1.85. The van der Waals surface area contributed by atoms with Crippen molar-refractivity contribution in [3.8, 4) is 0 Å². The van der Waals surface area contributed by atoms with Crippen LogP contribution in [0.3, 0.4) is 0 Å². The minimum atomic E-state index is -0.897. The molecule has 0 aromatic heterocycles. The van der Waals surface area contributed by atoms with E-state index >= 15 is 0 Å². The van der Waals surface area contributed by atoms with Gasteiger partial charge in [-0.2, -0.15) is 0 Å². The lowest BCUT2D eigenvalue weighted by atomic mass is 9.97. The summed E-state index contributed by atoms with van der Waals surface area (Å²) < 4.78 is 5.51. The molecule has 18 heavy (non-hydrogen) atoms. The third-order valence-corrected chi connectivity index (χ3v) is 2.90. The molecule has 0 heterocycles. The summed E-state index contributed by atoms with van der Waals surface area (Å²) >= 11 is 0. The van der Waals surface area contributed by atoms with Gasteiger partial charge in [-0.3, -0.25) is 10.1 Å². The van der Waals surface area contributed by atoms with Crippen LogP contribution in [0.15, 0.2) is 0 Å². The van der Waals surface area contributed by atoms with E-state index < -0.39 is 11.5 Å². The van der Waals surface area contributed by atoms with Gasteiger partial charge < -0.3 is 9.84 Å². The van der Waals surface area contributed by atoms with Crippen molar-refractivity contribution in [1.82, 2.24) is 5.32 Å². The molecule has 4 nitrogen and oxygen atoms in total. The Hall–Kier alpha value is -0.610. The van der Waals surface area contributed by atoms with Crippen molar-refractivity contribution >= 4 is 5.97 Å². The summed E-state index contributed by atoms with van der Waals surface area (Å²) in [5.74, 6) is -0.123. The molecule has 0 saturated carbocycles. The van der Waals surface area contributed by atoms with Crippen molar-refractivity contribution in [2.45, 2.75) is 65.5 Å². The minimum Gasteiger partial charge on any atom is -0.480 e. The molecule has 0 aliphatic carbocycles. The summed E-state index contributed by atoms with van der Waals surface area (Å²) in [7, 11) is 0. The fourth-order valence-corrected chi connectivity index (χ4v) is 1.85. The van der Waals surface area contributed by atoms with Crippen LogP contribution >= 0.6 is 0 Å². The van der Waals surface area contributed by atoms with E-state index in [1.54, 1.807) is 6.92 Å². The maximum Gasteiger partial charge on any atom is 0.323 e. The normalized spacial score (nSPS) is 15.1. The predicted octanol–water partition coefficient (Wildman–Crippen LogP) is 2.67. The van der Waals surface area contributed by atoms with Crippen LogP contribution in [0.2, 0.25) is 0 Å². The second-order valence-electron chi connectivity index (χ2n) is 5.83. The topological polar surface area (TPSA) is 58.6 Å². The lowest BCUT2D eigenvalue weighted by Gasteiger charge is -2.28. The Bertz CT molecular complexity index is 241. The van der Waals surface area contributed by atoms with E-state index in [-0.39, 0.29) is 6.04 Å². The molecule has 108 valence electrons. The van der Waals surface area contributed by atoms with E-state index in [9.17, 15) is 9.90 Å². The van der Waals surface area contributed by atoms with Crippen molar-refractivity contribution in [1.29, 1.82) is 0 Å². The quantitative estimate of drug-likeness (QED) is 0.592. The lowest BCUT2D eigenvalue weighted by molar-refractivity contribution is -0.145. The summed E-state index contributed by atoms with van der Waals surface area (Å²) in [6.07, 6.45) is 2.68. The first-order chi connectivity index (χ1) is 8.28. The highest BCUT2D eigenvalue weighted by Crippen LogP contribution is 2.12. The summed E-state index contributed by atoms with van der Waals surface area (Å²) in [5.41, 5.74) is -0.897. The van der Waals surface area contributed by atoms with Gasteiger partial charge >= 0.3 is 5.97 Å². The van der Waals surface area contributed by atoms with E-state index in [2.05, 4.69) is 19.2 Å². The zero-order valence-electron chi connectivity index (χ0n) is 12.5. The van der Waals surface area contributed by atoms with Gasteiger partial charge in [0, 0.05) is 19.3 Å². The highest BCUT2D eigenvalue weighted by Gasteiger charge is 2.32. The maximum absolute atomic E-state index is 11.2. The smallest absolute Gasteiger partial charge is 0.323 e. The third kappa shape index (κ3) is 7.67. The SMILES string of the molecule is CC(C)CCCOCCC(C)(NC(C)C)C(=O)O. The summed E-state index contributed by atoms with van der Waals surface area (Å²) in [4.78, 5) is 11.2. The summed E-state index contributed by atoms with van der Waals surface area (Å²) in [5, 5.41) is 12.3. The molecule has 0 saturated heterocycles. The number of carbonyl (C=O) groups is 1. The van der Waals surface area contributed by atoms with Gasteiger partial charge in [-0.15, -0.1) is 0 Å². The Kier molecular flexibility index (Phi) is 8.20. The van der Waals surface area contributed by atoms with E-state index in [0.29, 0.717) is 18.9 Å². The van der Waals surface area contributed by atoms with Crippen molar-refractivity contribution < 1.29 is 14.6 Å². The molecular weight excluding hydrogens is 230 g/mol. The van der Waals surface area contributed by atoms with Crippen LogP contribution in [0.4, 0.5) is 0 Å². The van der Waals surface area contributed by atoms with Gasteiger partial charge in [0.15, 0.2) is 0 Å². The largest absolute Gasteiger partial charge is 0.480 e. The third-order valence-electron chi connectivity index (χ3n) is 2.90. The van der Waals surface area contributed by atoms with Crippen LogP contribution in [0.25, 0.3) is 0 Å². The van der Waals surface area contributed by atoms with Crippen LogP contribution < -0.4 is 5.32 Å². The summed E-state index contributed by atoms with van der Waals surface area (Å²) in [6.45, 7) is 11.2. The molecule has 0 aliphatic rings. The molecule has 1 unspecified atom stereocenters. The van der Waals surface area contributed by atoms with E-state index in [0.717, 1.165) is 19.4 Å². The van der Waals surface area contributed by atoms with Crippen LogP contribution in [-0.4, -0.2) is 35.9 Å². The lowest BCUT2D eigenvalue weighted by Crippen LogP contribution is -2.53. The Morgan fingerprint density at radius 2 is 1.89 bits per heavy atom. The number of ether oxygens (including phenoxy) is 1. The van der Waals surface area contributed by atoms with Crippen LogP contribution in [0.5, 0.6) is 0 Å². The average Bonchev–Trinajstić information content (AvgIpc) is 2.21. The molecule has 0 radical (unpaired) electrons. The van der Waals surface area contributed by atoms with Crippen molar-refractivity contribution in [2.24, 2.45) is 5.92 Å². The summed E-state index contributed by atoms with van der Waals surface area (Å²) in [6, 6.07) is 0.145. The van der Waals surface area contributed by atoms with Crippen LogP contribution in [0, 0.1) is 5.92 Å². The van der Waals surface area contributed by atoms with Crippen molar-refractivity contribution in [3.63, 3.8) is 0 Å². The van der Waals surface area contributed by atoms with Gasteiger partial charge in [-0.25, -0.2) is 0 Å². The first kappa shape index (κ1) is 17.4. The molecule has 0 fully saturated rings. The molecule has 2 N–H and O–H groups in total. The van der Waals surface area contributed by atoms with Gasteiger partial charge in [0.2, 0.25) is 0 Å². The van der Waals surface area contributed by atoms with E-state index in [1.807, 2.05) is 13.8 Å². The number of aliphatic carboxylic acids is 1. The monoisotopic (exact) mass is 259 g/mol. The molecule has 0 spiro atoms. The molecule has 0 amide bonds. The van der Waals surface area contributed by atoms with Crippen LogP contribution in [0.1, 0.15) is 53.9 Å². The minimum absolute atomic E-state index is 0.145. The molecule has 1 atom stereocenters. The number of rotatable bonds is 10. The molecule has 0 aromatic rings. The molecule has 0 aliphatic heterocycles. The van der Waals surface area contributed by atoms with E-state index in [1.165, 1.54) is 0 Å². The highest BCUT2D eigenvalue weighted by molar-refractivity contribution is 5.78. The predicted molar refractivity (Wildman–Crippen MR) is 73.8 cm³/mol. The first-order valence-electron chi connectivity index (χ1n) is 6.86. The highest BCUT2D eigenvalue weighted by atomic mass is 16.5. The number of hydrogen-bond donors (Lipinski definition) is 2. The number of nitrogens with one attached hydrogen (secondary N) is 1. The fraction of sp³-hybridized carbons (Fsp3) is 0.929. The number of carboxylic acids is 1. The second-order valence-corrected chi connectivity index (χ2v) is 5.83. The van der Waals surface area contributed by atoms with Crippen LogP contribution in [-0.2, 0) is 9.53 Å². The van der Waals surface area contributed by atoms with Gasteiger partial charge in [-0.1, -0.05) is 13.8 Å². The Morgan fingerprint density at radius 1 is 1.28 bits per heavy atom. The maximum atomic E-state index is 11.2. The standard InChI is InChI=1S/C14H29NO3/c1-11(2)7-6-9-18-10-8-14(5,13(16)17)15-12(3)4/h11-12,15H,6-10H2,1-5H3,(H,16,17). The number of carboxylic acid groups (broad SMARTS) is 1. The average molecular weight is 259 g/mol. The van der Waals surface area contributed by atoms with Gasteiger partial charge in [0.25, 0.3) is 0 Å². The first-order valence-corrected chi connectivity index (χ1v) is 6.86. The molecule has 0 rings (SSSR count). The van der Waals surface area contributed by atoms with Gasteiger partial charge in [0.05, 0.1) is 0 Å². The van der Waals surface area contributed by atoms with Gasteiger partial charge in [0.1, 0.15) is 5.54 Å². The zero-order chi connectivity index (χ0) is 14.2. The van der Waals surface area contributed by atoms with Crippen molar-refractivity contribution in [3.05, 3.63) is 0 Å². The second kappa shape index (κ2) is 8.48. The Labute approximate surface area is 111 Å². The Morgan fingerprint density at radius 3 is 2.33 bits per heavy atom. The Balaban J connectivity index is 3.88. The van der Waals surface area contributed by atoms with Crippen molar-refractivity contribution in [2.75, 3.05) is 13.2 Å². The van der Waals surface area contributed by atoms with E-state index in [4.69, 9.17) is 4.74 Å². The molecule has 0 bridgehead atoms. The molecular formula is C14H29NO3. The molecule has 4 heteroatoms. The van der Waals surface area contributed by atoms with Gasteiger partial charge in [-0.05, 0) is 46.0 Å². The molecule has 0 aromatic carbocycles. The zero-order valence-corrected chi connectivity index (χ0v) is 12.5.